The molecule has 0 radical (unpaired) electrons. The second kappa shape index (κ2) is 7.94. The molecule has 2 aromatic rings. The number of phenols is 1. The molecule has 1 aliphatic heterocycles. The largest absolute Gasteiger partial charge is 0.508 e. The predicted octanol–water partition coefficient (Wildman–Crippen LogP) is 2.98. The fourth-order valence-corrected chi connectivity index (χ4v) is 3.12. The van der Waals surface area contributed by atoms with Crippen molar-refractivity contribution < 1.29 is 10.0 Å². The minimum Gasteiger partial charge on any atom is -0.508 e. The molecule has 0 saturated carbocycles. The van der Waals surface area contributed by atoms with Gasteiger partial charge in [0, 0.05) is 55.6 Å². The Kier molecular flexibility index (Phi) is 5.45. The third-order valence-electron chi connectivity index (χ3n) is 4.43. The number of pyridine rings is 1. The molecule has 0 bridgehead atoms. The summed E-state index contributed by atoms with van der Waals surface area (Å²) in [6.45, 7) is 2.98. The highest BCUT2D eigenvalue weighted by atomic mass is 16.6. The van der Waals surface area contributed by atoms with Crippen molar-refractivity contribution in [3.63, 3.8) is 0 Å². The van der Waals surface area contributed by atoms with E-state index in [9.17, 15) is 15.2 Å². The second-order valence-corrected chi connectivity index (χ2v) is 6.21. The predicted molar refractivity (Wildman–Crippen MR) is 95.6 cm³/mol. The molecule has 132 valence electrons. The van der Waals surface area contributed by atoms with Gasteiger partial charge in [-0.25, -0.2) is 4.98 Å². The summed E-state index contributed by atoms with van der Waals surface area (Å²) in [5.74, 6) is 1.05. The SMILES string of the molecule is O=[N+]([O-])c1ccc(O)c(CNCc2cccnc2N2CCCCC2)c1. The van der Waals surface area contributed by atoms with Gasteiger partial charge in [0.2, 0.25) is 0 Å². The summed E-state index contributed by atoms with van der Waals surface area (Å²) in [6, 6.07) is 8.01. The minimum atomic E-state index is -0.460. The lowest BCUT2D eigenvalue weighted by atomic mass is 10.1. The van der Waals surface area contributed by atoms with Crippen LogP contribution < -0.4 is 10.2 Å². The zero-order chi connectivity index (χ0) is 17.6. The molecule has 7 heteroatoms. The summed E-state index contributed by atoms with van der Waals surface area (Å²) in [6.07, 6.45) is 5.44. The minimum absolute atomic E-state index is 0.0232. The fraction of sp³-hybridized carbons (Fsp3) is 0.389. The third kappa shape index (κ3) is 4.24. The van der Waals surface area contributed by atoms with Crippen molar-refractivity contribution in [3.05, 3.63) is 57.8 Å². The molecule has 25 heavy (non-hydrogen) atoms. The average molecular weight is 342 g/mol. The highest BCUT2D eigenvalue weighted by Gasteiger charge is 2.15. The van der Waals surface area contributed by atoms with Crippen LogP contribution in [-0.4, -0.2) is 28.1 Å². The van der Waals surface area contributed by atoms with E-state index in [1.165, 1.54) is 37.5 Å². The highest BCUT2D eigenvalue weighted by molar-refractivity contribution is 5.47. The van der Waals surface area contributed by atoms with Crippen LogP contribution in [-0.2, 0) is 13.1 Å². The van der Waals surface area contributed by atoms with E-state index in [0.29, 0.717) is 18.7 Å². The van der Waals surface area contributed by atoms with Crippen LogP contribution in [0.4, 0.5) is 11.5 Å². The molecular formula is C18H22N4O3. The van der Waals surface area contributed by atoms with Crippen LogP contribution in [0.25, 0.3) is 0 Å². The van der Waals surface area contributed by atoms with Crippen molar-refractivity contribution in [2.45, 2.75) is 32.4 Å². The Labute approximate surface area is 146 Å². The lowest BCUT2D eigenvalue weighted by molar-refractivity contribution is -0.384. The van der Waals surface area contributed by atoms with Gasteiger partial charge in [-0.2, -0.15) is 0 Å². The Morgan fingerprint density at radius 2 is 1.92 bits per heavy atom. The first-order chi connectivity index (χ1) is 12.1. The van der Waals surface area contributed by atoms with E-state index in [0.717, 1.165) is 24.5 Å². The molecular weight excluding hydrogens is 320 g/mol. The van der Waals surface area contributed by atoms with E-state index in [1.54, 1.807) is 6.20 Å². The summed E-state index contributed by atoms with van der Waals surface area (Å²) in [4.78, 5) is 17.3. The van der Waals surface area contributed by atoms with Gasteiger partial charge in [-0.3, -0.25) is 10.1 Å². The molecule has 0 spiro atoms. The van der Waals surface area contributed by atoms with Gasteiger partial charge in [-0.15, -0.1) is 0 Å². The molecule has 3 rings (SSSR count). The van der Waals surface area contributed by atoms with Crippen molar-refractivity contribution in [1.29, 1.82) is 0 Å². The maximum absolute atomic E-state index is 10.9. The molecule has 0 amide bonds. The van der Waals surface area contributed by atoms with Gasteiger partial charge in [-0.05, 0) is 31.4 Å². The zero-order valence-electron chi connectivity index (χ0n) is 14.0. The molecule has 1 saturated heterocycles. The second-order valence-electron chi connectivity index (χ2n) is 6.21. The molecule has 2 heterocycles. The van der Waals surface area contributed by atoms with Crippen molar-refractivity contribution in [3.8, 4) is 5.75 Å². The van der Waals surface area contributed by atoms with Crippen LogP contribution in [0.2, 0.25) is 0 Å². The van der Waals surface area contributed by atoms with Crippen LogP contribution in [0.5, 0.6) is 5.75 Å². The number of hydrogen-bond donors (Lipinski definition) is 2. The first-order valence-electron chi connectivity index (χ1n) is 8.51. The van der Waals surface area contributed by atoms with Gasteiger partial charge in [-0.1, -0.05) is 6.07 Å². The standard InChI is InChI=1S/C18H22N4O3/c23-17-7-6-16(22(24)25)11-15(17)13-19-12-14-5-4-8-20-18(14)21-9-2-1-3-10-21/h4-8,11,19,23H,1-3,9-10,12-13H2. The van der Waals surface area contributed by atoms with Gasteiger partial charge in [0.1, 0.15) is 11.6 Å². The number of aromatic nitrogens is 1. The van der Waals surface area contributed by atoms with Crippen LogP contribution in [0.3, 0.4) is 0 Å². The Bertz CT molecular complexity index is 745. The van der Waals surface area contributed by atoms with Gasteiger partial charge < -0.3 is 15.3 Å². The number of aromatic hydroxyl groups is 1. The summed E-state index contributed by atoms with van der Waals surface area (Å²) >= 11 is 0. The quantitative estimate of drug-likeness (QED) is 0.619. The van der Waals surface area contributed by atoms with E-state index < -0.39 is 4.92 Å². The molecule has 0 atom stereocenters. The number of non-ortho nitro benzene ring substituents is 1. The number of nitrogens with one attached hydrogen (secondary N) is 1. The molecule has 0 unspecified atom stereocenters. The monoisotopic (exact) mass is 342 g/mol. The lowest BCUT2D eigenvalue weighted by Crippen LogP contribution is -2.31. The van der Waals surface area contributed by atoms with E-state index in [4.69, 9.17) is 0 Å². The maximum Gasteiger partial charge on any atom is 0.270 e. The van der Waals surface area contributed by atoms with E-state index in [2.05, 4.69) is 15.2 Å². The summed E-state index contributed by atoms with van der Waals surface area (Å²) < 4.78 is 0. The van der Waals surface area contributed by atoms with Crippen LogP contribution in [0.1, 0.15) is 30.4 Å². The highest BCUT2D eigenvalue weighted by Crippen LogP contribution is 2.24. The number of phenolic OH excluding ortho intramolecular Hbond substituents is 1. The van der Waals surface area contributed by atoms with Crippen molar-refractivity contribution in [1.82, 2.24) is 10.3 Å². The van der Waals surface area contributed by atoms with Gasteiger partial charge in [0.25, 0.3) is 5.69 Å². The average Bonchev–Trinajstić information content (AvgIpc) is 2.64. The number of nitro groups is 1. The Balaban J connectivity index is 1.66. The van der Waals surface area contributed by atoms with Crippen molar-refractivity contribution in [2.75, 3.05) is 18.0 Å². The Hall–Kier alpha value is -2.67. The van der Waals surface area contributed by atoms with Crippen molar-refractivity contribution >= 4 is 11.5 Å². The Morgan fingerprint density at radius 3 is 2.68 bits per heavy atom. The van der Waals surface area contributed by atoms with Gasteiger partial charge in [0.15, 0.2) is 0 Å². The normalized spacial score (nSPS) is 14.5. The van der Waals surface area contributed by atoms with Crippen LogP contribution in [0.15, 0.2) is 36.5 Å². The van der Waals surface area contributed by atoms with Gasteiger partial charge >= 0.3 is 0 Å². The lowest BCUT2D eigenvalue weighted by Gasteiger charge is -2.29. The number of anilines is 1. The van der Waals surface area contributed by atoms with E-state index in [1.807, 2.05) is 12.1 Å². The fourth-order valence-electron chi connectivity index (χ4n) is 3.12. The molecule has 1 aromatic carbocycles. The van der Waals surface area contributed by atoms with Crippen LogP contribution in [0, 0.1) is 10.1 Å². The molecule has 7 nitrogen and oxygen atoms in total. The topological polar surface area (TPSA) is 91.5 Å². The summed E-state index contributed by atoms with van der Waals surface area (Å²) in [5, 5.41) is 24.0. The van der Waals surface area contributed by atoms with Gasteiger partial charge in [0.05, 0.1) is 4.92 Å². The number of rotatable bonds is 6. The summed E-state index contributed by atoms with van der Waals surface area (Å²) in [5.41, 5.74) is 1.58. The number of piperidine rings is 1. The van der Waals surface area contributed by atoms with Crippen molar-refractivity contribution in [2.24, 2.45) is 0 Å². The Morgan fingerprint density at radius 1 is 1.16 bits per heavy atom. The molecule has 1 aromatic heterocycles. The maximum atomic E-state index is 10.9. The summed E-state index contributed by atoms with van der Waals surface area (Å²) in [7, 11) is 0. The zero-order valence-corrected chi connectivity index (χ0v) is 14.0. The first-order valence-corrected chi connectivity index (χ1v) is 8.51. The molecule has 1 aliphatic rings. The number of nitrogens with zero attached hydrogens (tertiary/aromatic N) is 3. The number of nitro benzene ring substituents is 1. The number of benzene rings is 1. The number of hydrogen-bond acceptors (Lipinski definition) is 6. The third-order valence-corrected chi connectivity index (χ3v) is 4.43. The molecule has 1 fully saturated rings. The van der Waals surface area contributed by atoms with Crippen LogP contribution >= 0.6 is 0 Å². The molecule has 2 N–H and O–H groups in total. The first kappa shape index (κ1) is 17.2. The smallest absolute Gasteiger partial charge is 0.270 e. The molecule has 0 aliphatic carbocycles. The van der Waals surface area contributed by atoms with E-state index >= 15 is 0 Å². The van der Waals surface area contributed by atoms with E-state index in [-0.39, 0.29) is 11.4 Å².